The number of amides is 1. The molecule has 0 saturated carbocycles. The molecule has 3 aromatic rings. The molecule has 0 unspecified atom stereocenters. The number of hydrogen-bond donors (Lipinski definition) is 1. The lowest BCUT2D eigenvalue weighted by atomic mass is 9.97. The standard InChI is InChI=1S/C19H20N4O3/c1-11-14-6-4-5-7-15(14)26-16(11)9-20-18(24)17-12(2)25-19(22-17)13-8-21-23(3)10-13/h4-8,10-11,16H,9H2,1-3H3,(H,20,24)/t11-,16-/m1/s1. The topological polar surface area (TPSA) is 82.2 Å². The maximum atomic E-state index is 12.5. The number of para-hydroxylation sites is 1. The van der Waals surface area contributed by atoms with E-state index < -0.39 is 0 Å². The highest BCUT2D eigenvalue weighted by atomic mass is 16.5. The summed E-state index contributed by atoms with van der Waals surface area (Å²) in [4.78, 5) is 16.9. The van der Waals surface area contributed by atoms with Crippen molar-refractivity contribution in [3.8, 4) is 17.2 Å². The summed E-state index contributed by atoms with van der Waals surface area (Å²) in [5.41, 5.74) is 2.19. The highest BCUT2D eigenvalue weighted by Gasteiger charge is 2.31. The van der Waals surface area contributed by atoms with Crippen LogP contribution in [-0.4, -0.2) is 33.3 Å². The zero-order valence-corrected chi connectivity index (χ0v) is 14.9. The predicted octanol–water partition coefficient (Wildman–Crippen LogP) is 2.68. The van der Waals surface area contributed by atoms with Gasteiger partial charge in [-0.25, -0.2) is 4.98 Å². The van der Waals surface area contributed by atoms with Crippen molar-refractivity contribution >= 4 is 5.91 Å². The molecule has 0 bridgehead atoms. The SMILES string of the molecule is Cc1oc(-c2cnn(C)c2)nc1C(=O)NC[C@H]1Oc2ccccc2[C@H]1C. The Hall–Kier alpha value is -3.09. The number of nitrogens with one attached hydrogen (secondary N) is 1. The Morgan fingerprint density at radius 3 is 2.88 bits per heavy atom. The molecule has 1 N–H and O–H groups in total. The normalized spacial score (nSPS) is 18.4. The molecule has 0 fully saturated rings. The molecule has 2 atom stereocenters. The van der Waals surface area contributed by atoms with Crippen molar-refractivity contribution in [2.24, 2.45) is 7.05 Å². The summed E-state index contributed by atoms with van der Waals surface area (Å²) in [5.74, 6) is 1.70. The first-order chi connectivity index (χ1) is 12.5. The van der Waals surface area contributed by atoms with Crippen LogP contribution >= 0.6 is 0 Å². The second kappa shape index (κ2) is 6.33. The van der Waals surface area contributed by atoms with Gasteiger partial charge < -0.3 is 14.5 Å². The van der Waals surface area contributed by atoms with E-state index in [4.69, 9.17) is 9.15 Å². The summed E-state index contributed by atoms with van der Waals surface area (Å²) >= 11 is 0. The summed E-state index contributed by atoms with van der Waals surface area (Å²) in [6, 6.07) is 7.96. The molecule has 0 saturated heterocycles. The molecule has 7 nitrogen and oxygen atoms in total. The number of rotatable bonds is 4. The van der Waals surface area contributed by atoms with Crippen LogP contribution in [0.3, 0.4) is 0 Å². The van der Waals surface area contributed by atoms with Gasteiger partial charge in [0.1, 0.15) is 17.6 Å². The molecule has 0 aliphatic carbocycles. The van der Waals surface area contributed by atoms with Crippen molar-refractivity contribution in [3.63, 3.8) is 0 Å². The van der Waals surface area contributed by atoms with Gasteiger partial charge in [-0.15, -0.1) is 0 Å². The second-order valence-corrected chi connectivity index (χ2v) is 6.52. The van der Waals surface area contributed by atoms with Gasteiger partial charge in [0.25, 0.3) is 5.91 Å². The van der Waals surface area contributed by atoms with E-state index >= 15 is 0 Å². The zero-order chi connectivity index (χ0) is 18.3. The van der Waals surface area contributed by atoms with Gasteiger partial charge in [0.15, 0.2) is 5.69 Å². The third-order valence-electron chi connectivity index (χ3n) is 4.67. The highest BCUT2D eigenvalue weighted by molar-refractivity contribution is 5.93. The van der Waals surface area contributed by atoms with Crippen LogP contribution in [0.1, 0.15) is 34.7 Å². The Labute approximate surface area is 151 Å². The average Bonchev–Trinajstić information content (AvgIpc) is 3.31. The van der Waals surface area contributed by atoms with E-state index in [0.29, 0.717) is 18.2 Å². The van der Waals surface area contributed by atoms with Gasteiger partial charge in [-0.1, -0.05) is 25.1 Å². The lowest BCUT2D eigenvalue weighted by Gasteiger charge is -2.15. The molecule has 134 valence electrons. The van der Waals surface area contributed by atoms with Crippen LogP contribution in [0.5, 0.6) is 5.75 Å². The number of fused-ring (bicyclic) bond motifs is 1. The van der Waals surface area contributed by atoms with Gasteiger partial charge in [-0.05, 0) is 13.0 Å². The van der Waals surface area contributed by atoms with Crippen molar-refractivity contribution in [1.29, 1.82) is 0 Å². The Bertz CT molecular complexity index is 959. The van der Waals surface area contributed by atoms with Crippen molar-refractivity contribution in [2.75, 3.05) is 6.54 Å². The quantitative estimate of drug-likeness (QED) is 0.781. The molecule has 4 rings (SSSR count). The molecule has 1 aliphatic heterocycles. The minimum Gasteiger partial charge on any atom is -0.488 e. The molecule has 3 heterocycles. The third-order valence-corrected chi connectivity index (χ3v) is 4.67. The summed E-state index contributed by atoms with van der Waals surface area (Å²) in [6.07, 6.45) is 3.34. The van der Waals surface area contributed by atoms with Gasteiger partial charge in [-0.3, -0.25) is 9.48 Å². The van der Waals surface area contributed by atoms with Crippen molar-refractivity contribution in [3.05, 3.63) is 53.7 Å². The smallest absolute Gasteiger partial charge is 0.273 e. The fourth-order valence-electron chi connectivity index (χ4n) is 3.19. The summed E-state index contributed by atoms with van der Waals surface area (Å²) in [6.45, 7) is 4.24. The van der Waals surface area contributed by atoms with E-state index in [2.05, 4.69) is 28.4 Å². The number of ether oxygens (including phenoxy) is 1. The Morgan fingerprint density at radius 2 is 2.15 bits per heavy atom. The van der Waals surface area contributed by atoms with Gasteiger partial charge in [0, 0.05) is 24.7 Å². The van der Waals surface area contributed by atoms with E-state index in [1.54, 1.807) is 24.0 Å². The van der Waals surface area contributed by atoms with Crippen molar-refractivity contribution in [1.82, 2.24) is 20.1 Å². The van der Waals surface area contributed by atoms with Crippen LogP contribution in [0.2, 0.25) is 0 Å². The molecular weight excluding hydrogens is 332 g/mol. The lowest BCUT2D eigenvalue weighted by Crippen LogP contribution is -2.36. The molecule has 0 spiro atoms. The minimum atomic E-state index is -0.270. The number of nitrogens with zero attached hydrogens (tertiary/aromatic N) is 3. The maximum Gasteiger partial charge on any atom is 0.273 e. The maximum absolute atomic E-state index is 12.5. The van der Waals surface area contributed by atoms with E-state index in [0.717, 1.165) is 11.3 Å². The van der Waals surface area contributed by atoms with Gasteiger partial charge in [-0.2, -0.15) is 5.10 Å². The van der Waals surface area contributed by atoms with Crippen LogP contribution in [0.15, 0.2) is 41.1 Å². The van der Waals surface area contributed by atoms with E-state index in [1.165, 1.54) is 5.56 Å². The van der Waals surface area contributed by atoms with Gasteiger partial charge in [0.05, 0.1) is 18.3 Å². The molecule has 1 amide bonds. The molecule has 0 radical (unpaired) electrons. The monoisotopic (exact) mass is 352 g/mol. The first-order valence-corrected chi connectivity index (χ1v) is 8.53. The van der Waals surface area contributed by atoms with Crippen LogP contribution in [0.4, 0.5) is 0 Å². The van der Waals surface area contributed by atoms with Crippen LogP contribution < -0.4 is 10.1 Å². The molecule has 7 heteroatoms. The Balaban J connectivity index is 1.44. The predicted molar refractivity (Wildman–Crippen MR) is 95.0 cm³/mol. The minimum absolute atomic E-state index is 0.0960. The summed E-state index contributed by atoms with van der Waals surface area (Å²) < 4.78 is 13.2. The number of benzene rings is 1. The molecule has 2 aromatic heterocycles. The summed E-state index contributed by atoms with van der Waals surface area (Å²) in [5, 5.41) is 7.00. The fourth-order valence-corrected chi connectivity index (χ4v) is 3.19. The number of hydrogen-bond acceptors (Lipinski definition) is 5. The number of carbonyl (C=O) groups is 1. The third kappa shape index (κ3) is 2.85. The zero-order valence-electron chi connectivity index (χ0n) is 14.9. The molecular formula is C19H20N4O3. The van der Waals surface area contributed by atoms with E-state index in [1.807, 2.05) is 25.2 Å². The van der Waals surface area contributed by atoms with Gasteiger partial charge >= 0.3 is 0 Å². The largest absolute Gasteiger partial charge is 0.488 e. The number of oxazole rings is 1. The van der Waals surface area contributed by atoms with Crippen molar-refractivity contribution < 1.29 is 13.9 Å². The fraction of sp³-hybridized carbons (Fsp3) is 0.316. The summed E-state index contributed by atoms with van der Waals surface area (Å²) in [7, 11) is 1.81. The first kappa shape index (κ1) is 16.4. The Kier molecular flexibility index (Phi) is 3.99. The van der Waals surface area contributed by atoms with E-state index in [9.17, 15) is 4.79 Å². The second-order valence-electron chi connectivity index (χ2n) is 6.52. The highest BCUT2D eigenvalue weighted by Crippen LogP contribution is 2.37. The number of aromatic nitrogens is 3. The molecule has 26 heavy (non-hydrogen) atoms. The lowest BCUT2D eigenvalue weighted by molar-refractivity contribution is 0.0923. The van der Waals surface area contributed by atoms with Crippen LogP contribution in [-0.2, 0) is 7.05 Å². The van der Waals surface area contributed by atoms with Gasteiger partial charge in [0.2, 0.25) is 5.89 Å². The first-order valence-electron chi connectivity index (χ1n) is 8.53. The molecule has 1 aromatic carbocycles. The van der Waals surface area contributed by atoms with E-state index in [-0.39, 0.29) is 23.6 Å². The van der Waals surface area contributed by atoms with Crippen LogP contribution in [0, 0.1) is 6.92 Å². The van der Waals surface area contributed by atoms with Crippen molar-refractivity contribution in [2.45, 2.75) is 25.9 Å². The Morgan fingerprint density at radius 1 is 1.35 bits per heavy atom. The average molecular weight is 352 g/mol. The van der Waals surface area contributed by atoms with Crippen LogP contribution in [0.25, 0.3) is 11.5 Å². The number of aryl methyl sites for hydroxylation is 2. The molecule has 1 aliphatic rings. The number of carbonyl (C=O) groups excluding carboxylic acids is 1.